The van der Waals surface area contributed by atoms with Gasteiger partial charge in [0.05, 0.1) is 0 Å². The Labute approximate surface area is 69.8 Å². The zero-order valence-electron chi connectivity index (χ0n) is 6.64. The number of halogens is 3. The zero-order valence-corrected chi connectivity index (χ0v) is 6.64. The molecule has 0 heterocycles. The molecule has 0 radical (unpaired) electrons. The van der Waals surface area contributed by atoms with Crippen molar-refractivity contribution in [2.24, 2.45) is 5.92 Å². The minimum atomic E-state index is -3.99. The Morgan fingerprint density at radius 1 is 1.08 bits per heavy atom. The van der Waals surface area contributed by atoms with Gasteiger partial charge in [-0.3, -0.25) is 0 Å². The fourth-order valence-corrected chi connectivity index (χ4v) is 1.21. The fourth-order valence-electron chi connectivity index (χ4n) is 1.21. The molecule has 1 rings (SSSR count). The molecule has 0 amide bonds. The minimum Gasteiger partial charge on any atom is -0.171 e. The molecule has 1 aliphatic carbocycles. The van der Waals surface area contributed by atoms with Crippen LogP contribution < -0.4 is 0 Å². The van der Waals surface area contributed by atoms with Gasteiger partial charge >= 0.3 is 6.18 Å². The van der Waals surface area contributed by atoms with Crippen molar-refractivity contribution in [3.63, 3.8) is 0 Å². The van der Waals surface area contributed by atoms with Gasteiger partial charge in [-0.15, -0.1) is 0 Å². The highest BCUT2D eigenvalue weighted by Crippen LogP contribution is 2.25. The zero-order chi connectivity index (χ0) is 9.03. The van der Waals surface area contributed by atoms with E-state index >= 15 is 0 Å². The number of rotatable bonds is 3. The average Bonchev–Trinajstić information content (AvgIpc) is 2.36. The Bertz CT molecular complexity index is 176. The summed E-state index contributed by atoms with van der Waals surface area (Å²) in [5.41, 5.74) is 0. The monoisotopic (exact) mass is 176 g/mol. The first-order valence-corrected chi connectivity index (χ1v) is 4.00. The Morgan fingerprint density at radius 2 is 1.67 bits per heavy atom. The molecule has 3 heteroatoms. The van der Waals surface area contributed by atoms with Crippen LogP contribution in [-0.2, 0) is 0 Å². The first-order valence-electron chi connectivity index (χ1n) is 4.00. The van der Waals surface area contributed by atoms with Crippen molar-refractivity contribution in [2.45, 2.75) is 25.4 Å². The highest BCUT2D eigenvalue weighted by Gasteiger charge is 2.26. The molecule has 0 saturated carbocycles. The van der Waals surface area contributed by atoms with Gasteiger partial charge in [0.25, 0.3) is 0 Å². The van der Waals surface area contributed by atoms with Crippen molar-refractivity contribution in [1.29, 1.82) is 0 Å². The summed E-state index contributed by atoms with van der Waals surface area (Å²) in [5, 5.41) is 0. The van der Waals surface area contributed by atoms with Gasteiger partial charge < -0.3 is 0 Å². The summed E-state index contributed by atoms with van der Waals surface area (Å²) in [6.45, 7) is 0. The van der Waals surface area contributed by atoms with Crippen LogP contribution in [0, 0.1) is 5.92 Å². The van der Waals surface area contributed by atoms with E-state index < -0.39 is 12.6 Å². The molecule has 12 heavy (non-hydrogen) atoms. The molecule has 0 spiro atoms. The van der Waals surface area contributed by atoms with Crippen LogP contribution in [0.3, 0.4) is 0 Å². The highest BCUT2D eigenvalue weighted by atomic mass is 19.4. The van der Waals surface area contributed by atoms with Crippen molar-refractivity contribution in [1.82, 2.24) is 0 Å². The van der Waals surface area contributed by atoms with Crippen molar-refractivity contribution in [3.05, 3.63) is 24.3 Å². The summed E-state index contributed by atoms with van der Waals surface area (Å²) in [6.07, 6.45) is 3.77. The number of hydrogen-bond acceptors (Lipinski definition) is 0. The summed E-state index contributed by atoms with van der Waals surface area (Å²) in [7, 11) is 0. The van der Waals surface area contributed by atoms with Crippen LogP contribution in [0.25, 0.3) is 0 Å². The van der Waals surface area contributed by atoms with Gasteiger partial charge in [0, 0.05) is 6.42 Å². The van der Waals surface area contributed by atoms with Crippen molar-refractivity contribution < 1.29 is 13.2 Å². The first-order chi connectivity index (χ1) is 5.58. The van der Waals surface area contributed by atoms with Crippen LogP contribution in [0.5, 0.6) is 0 Å². The molecule has 0 N–H and O–H groups in total. The Hall–Kier alpha value is -0.730. The van der Waals surface area contributed by atoms with Crippen molar-refractivity contribution in [3.8, 4) is 0 Å². The molecule has 0 atom stereocenters. The van der Waals surface area contributed by atoms with Crippen LogP contribution in [0.2, 0.25) is 0 Å². The molecule has 68 valence electrons. The lowest BCUT2D eigenvalue weighted by molar-refractivity contribution is -0.135. The third-order valence-corrected chi connectivity index (χ3v) is 1.83. The Balaban J connectivity index is 2.10. The second-order valence-electron chi connectivity index (χ2n) is 2.94. The van der Waals surface area contributed by atoms with Crippen LogP contribution in [-0.4, -0.2) is 6.18 Å². The number of allylic oxidation sites excluding steroid dienone is 4. The van der Waals surface area contributed by atoms with Crippen LogP contribution >= 0.6 is 0 Å². The molecule has 0 saturated heterocycles. The van der Waals surface area contributed by atoms with Gasteiger partial charge in [0.15, 0.2) is 0 Å². The molecule has 0 unspecified atom stereocenters. The molecular formula is C9H11F3. The van der Waals surface area contributed by atoms with Gasteiger partial charge in [-0.05, 0) is 18.8 Å². The molecule has 0 bridgehead atoms. The Kier molecular flexibility index (Phi) is 2.95. The number of alkyl halides is 3. The van der Waals surface area contributed by atoms with E-state index in [4.69, 9.17) is 0 Å². The van der Waals surface area contributed by atoms with Gasteiger partial charge in [-0.25, -0.2) is 0 Å². The van der Waals surface area contributed by atoms with Gasteiger partial charge in [-0.2, -0.15) is 13.2 Å². The van der Waals surface area contributed by atoms with E-state index in [-0.39, 0.29) is 12.3 Å². The first kappa shape index (κ1) is 9.36. The minimum absolute atomic E-state index is 0.225. The largest absolute Gasteiger partial charge is 0.389 e. The van der Waals surface area contributed by atoms with E-state index in [0.717, 1.165) is 0 Å². The highest BCUT2D eigenvalue weighted by molar-refractivity contribution is 5.17. The predicted molar refractivity (Wildman–Crippen MR) is 41.7 cm³/mol. The lowest BCUT2D eigenvalue weighted by Gasteiger charge is -2.07. The van der Waals surface area contributed by atoms with E-state index in [0.29, 0.717) is 6.42 Å². The summed E-state index contributed by atoms with van der Waals surface area (Å²) in [5.74, 6) is 0.229. The Morgan fingerprint density at radius 3 is 2.17 bits per heavy atom. The van der Waals surface area contributed by atoms with E-state index in [9.17, 15) is 13.2 Å². The summed E-state index contributed by atoms with van der Waals surface area (Å²) in [6, 6.07) is 0. The summed E-state index contributed by atoms with van der Waals surface area (Å²) >= 11 is 0. The van der Waals surface area contributed by atoms with Gasteiger partial charge in [0.2, 0.25) is 0 Å². The summed E-state index contributed by atoms with van der Waals surface area (Å²) in [4.78, 5) is 0. The third-order valence-electron chi connectivity index (χ3n) is 1.83. The lowest BCUT2D eigenvalue weighted by Crippen LogP contribution is -2.07. The predicted octanol–water partition coefficient (Wildman–Crippen LogP) is 3.46. The molecular weight excluding hydrogens is 165 g/mol. The normalized spacial score (nSPS) is 17.6. The maximum Gasteiger partial charge on any atom is 0.389 e. The molecule has 0 aromatic carbocycles. The third kappa shape index (κ3) is 3.60. The molecule has 0 aromatic rings. The quantitative estimate of drug-likeness (QED) is 0.617. The van der Waals surface area contributed by atoms with E-state index in [2.05, 4.69) is 0 Å². The maximum absolute atomic E-state index is 11.7. The van der Waals surface area contributed by atoms with E-state index in [1.54, 1.807) is 0 Å². The second kappa shape index (κ2) is 3.78. The lowest BCUT2D eigenvalue weighted by atomic mass is 10.0. The van der Waals surface area contributed by atoms with Crippen LogP contribution in [0.4, 0.5) is 13.2 Å². The molecule has 0 fully saturated rings. The van der Waals surface area contributed by atoms with E-state index in [1.165, 1.54) is 0 Å². The topological polar surface area (TPSA) is 0 Å². The molecule has 0 aliphatic heterocycles. The fraction of sp³-hybridized carbons (Fsp3) is 0.556. The van der Waals surface area contributed by atoms with Crippen molar-refractivity contribution >= 4 is 0 Å². The smallest absolute Gasteiger partial charge is 0.171 e. The molecule has 1 aliphatic rings. The van der Waals surface area contributed by atoms with E-state index in [1.807, 2.05) is 24.3 Å². The van der Waals surface area contributed by atoms with Crippen LogP contribution in [0.1, 0.15) is 19.3 Å². The molecule has 0 nitrogen and oxygen atoms in total. The SMILES string of the molecule is FC(F)(F)CCCC1C=CC=C1. The van der Waals surface area contributed by atoms with Gasteiger partial charge in [-0.1, -0.05) is 24.3 Å². The van der Waals surface area contributed by atoms with Crippen molar-refractivity contribution in [2.75, 3.05) is 0 Å². The average molecular weight is 176 g/mol. The maximum atomic E-state index is 11.7. The molecule has 0 aromatic heterocycles. The van der Waals surface area contributed by atoms with Gasteiger partial charge in [0.1, 0.15) is 0 Å². The number of hydrogen-bond donors (Lipinski definition) is 0. The summed E-state index contributed by atoms with van der Waals surface area (Å²) < 4.78 is 35.1. The van der Waals surface area contributed by atoms with Crippen LogP contribution in [0.15, 0.2) is 24.3 Å². The standard InChI is InChI=1S/C9H11F3/c10-9(11,12)7-3-6-8-4-1-2-5-8/h1-2,4-5,8H,3,6-7H2. The second-order valence-corrected chi connectivity index (χ2v) is 2.94.